The fourth-order valence-corrected chi connectivity index (χ4v) is 4.33. The molecule has 0 saturated carbocycles. The van der Waals surface area contributed by atoms with Crippen LogP contribution in [-0.2, 0) is 16.1 Å². The second-order valence-electron chi connectivity index (χ2n) is 8.53. The monoisotopic (exact) mass is 438 g/mol. The third kappa shape index (κ3) is 4.30. The van der Waals surface area contributed by atoms with Crippen molar-refractivity contribution in [2.75, 3.05) is 11.9 Å². The van der Waals surface area contributed by atoms with E-state index in [4.69, 9.17) is 0 Å². The third-order valence-electron chi connectivity index (χ3n) is 6.27. The SMILES string of the molecule is Cc1ccc2c(c1)N[C@@]1(CCC(=O)N([C@H](C)C(=O)NCc3ccccc3F)CC1)NC2=O. The molecule has 0 aromatic heterocycles. The van der Waals surface area contributed by atoms with E-state index in [-0.39, 0.29) is 36.5 Å². The summed E-state index contributed by atoms with van der Waals surface area (Å²) in [6, 6.07) is 11.1. The summed E-state index contributed by atoms with van der Waals surface area (Å²) in [6.45, 7) is 3.98. The number of carbonyl (C=O) groups is 3. The van der Waals surface area contributed by atoms with Crippen LogP contribution in [0, 0.1) is 12.7 Å². The molecule has 32 heavy (non-hydrogen) atoms. The van der Waals surface area contributed by atoms with Crippen LogP contribution in [0.5, 0.6) is 0 Å². The van der Waals surface area contributed by atoms with Gasteiger partial charge < -0.3 is 20.9 Å². The lowest BCUT2D eigenvalue weighted by Crippen LogP contribution is -2.58. The number of nitrogens with one attached hydrogen (secondary N) is 3. The van der Waals surface area contributed by atoms with E-state index < -0.39 is 11.7 Å². The Kier molecular flexibility index (Phi) is 5.86. The minimum absolute atomic E-state index is 0.0512. The van der Waals surface area contributed by atoms with Crippen LogP contribution in [0.3, 0.4) is 0 Å². The molecule has 0 aliphatic carbocycles. The Morgan fingerprint density at radius 1 is 1.19 bits per heavy atom. The lowest BCUT2D eigenvalue weighted by molar-refractivity contribution is -0.139. The summed E-state index contributed by atoms with van der Waals surface area (Å²) >= 11 is 0. The molecule has 3 N–H and O–H groups in total. The van der Waals surface area contributed by atoms with Crippen molar-refractivity contribution < 1.29 is 18.8 Å². The summed E-state index contributed by atoms with van der Waals surface area (Å²) in [7, 11) is 0. The van der Waals surface area contributed by atoms with Gasteiger partial charge in [-0.3, -0.25) is 14.4 Å². The van der Waals surface area contributed by atoms with E-state index in [0.717, 1.165) is 11.3 Å². The molecule has 0 unspecified atom stereocenters. The Hall–Kier alpha value is -3.42. The number of hydrogen-bond acceptors (Lipinski definition) is 4. The standard InChI is InChI=1S/C24H27FN4O3/c1-15-7-8-18-20(13-15)27-24(28-23(18)32)10-9-21(30)29(12-11-24)16(2)22(31)26-14-17-5-3-4-6-19(17)25/h3-8,13,16,27H,9-12,14H2,1-2H3,(H,26,31)(H,28,32)/t16-,24+/m1/s1. The highest BCUT2D eigenvalue weighted by Crippen LogP contribution is 2.32. The quantitative estimate of drug-likeness (QED) is 0.685. The first-order valence-corrected chi connectivity index (χ1v) is 10.8. The minimum atomic E-state index is -0.744. The number of amides is 3. The summed E-state index contributed by atoms with van der Waals surface area (Å²) in [5.41, 5.74) is 2.01. The fourth-order valence-electron chi connectivity index (χ4n) is 4.33. The Morgan fingerprint density at radius 3 is 2.75 bits per heavy atom. The lowest BCUT2D eigenvalue weighted by atomic mass is 9.94. The van der Waals surface area contributed by atoms with Gasteiger partial charge in [0.25, 0.3) is 5.91 Å². The molecule has 168 valence electrons. The van der Waals surface area contributed by atoms with Crippen molar-refractivity contribution in [1.29, 1.82) is 0 Å². The van der Waals surface area contributed by atoms with Crippen LogP contribution in [0.1, 0.15) is 47.7 Å². The number of aryl methyl sites for hydroxylation is 1. The summed E-state index contributed by atoms with van der Waals surface area (Å²) < 4.78 is 13.8. The molecule has 2 aromatic rings. The molecule has 7 nitrogen and oxygen atoms in total. The lowest BCUT2D eigenvalue weighted by Gasteiger charge is -2.40. The van der Waals surface area contributed by atoms with Gasteiger partial charge in [0.1, 0.15) is 17.5 Å². The molecule has 2 aliphatic rings. The number of rotatable bonds is 4. The smallest absolute Gasteiger partial charge is 0.255 e. The summed E-state index contributed by atoms with van der Waals surface area (Å²) in [4.78, 5) is 39.8. The molecule has 2 atom stereocenters. The number of carbonyl (C=O) groups excluding carboxylic acids is 3. The van der Waals surface area contributed by atoms with E-state index in [1.807, 2.05) is 19.1 Å². The second-order valence-corrected chi connectivity index (χ2v) is 8.53. The highest BCUT2D eigenvalue weighted by Gasteiger charge is 2.41. The molecule has 2 aromatic carbocycles. The molecule has 0 bridgehead atoms. The Balaban J connectivity index is 1.44. The Morgan fingerprint density at radius 2 is 1.97 bits per heavy atom. The maximum absolute atomic E-state index is 13.8. The highest BCUT2D eigenvalue weighted by atomic mass is 19.1. The van der Waals surface area contributed by atoms with Crippen LogP contribution in [0.2, 0.25) is 0 Å². The van der Waals surface area contributed by atoms with Crippen molar-refractivity contribution in [2.24, 2.45) is 0 Å². The van der Waals surface area contributed by atoms with Crippen molar-refractivity contribution in [3.05, 3.63) is 65.0 Å². The van der Waals surface area contributed by atoms with Crippen molar-refractivity contribution in [3.8, 4) is 0 Å². The van der Waals surface area contributed by atoms with Crippen molar-refractivity contribution in [2.45, 2.75) is 51.4 Å². The van der Waals surface area contributed by atoms with Gasteiger partial charge in [0.15, 0.2) is 0 Å². The van der Waals surface area contributed by atoms with E-state index >= 15 is 0 Å². The molecule has 2 aliphatic heterocycles. The first-order chi connectivity index (χ1) is 15.3. The van der Waals surface area contributed by atoms with Crippen molar-refractivity contribution in [3.63, 3.8) is 0 Å². The van der Waals surface area contributed by atoms with E-state index in [1.54, 1.807) is 31.2 Å². The van der Waals surface area contributed by atoms with Gasteiger partial charge in [-0.2, -0.15) is 0 Å². The van der Waals surface area contributed by atoms with Crippen LogP contribution >= 0.6 is 0 Å². The normalized spacial score (nSPS) is 21.3. The largest absolute Gasteiger partial charge is 0.362 e. The van der Waals surface area contributed by atoms with Crippen LogP contribution in [-0.4, -0.2) is 40.9 Å². The summed E-state index contributed by atoms with van der Waals surface area (Å²) in [5.74, 6) is -1.06. The van der Waals surface area contributed by atoms with Crippen molar-refractivity contribution in [1.82, 2.24) is 15.5 Å². The van der Waals surface area contributed by atoms with Crippen LogP contribution in [0.15, 0.2) is 42.5 Å². The molecule has 1 spiro atoms. The number of nitrogens with zero attached hydrogens (tertiary/aromatic N) is 1. The average molecular weight is 439 g/mol. The first kappa shape index (κ1) is 21.8. The van der Waals surface area contributed by atoms with Crippen LogP contribution < -0.4 is 16.0 Å². The van der Waals surface area contributed by atoms with Gasteiger partial charge in [-0.05, 0) is 44.0 Å². The van der Waals surface area contributed by atoms with Gasteiger partial charge >= 0.3 is 0 Å². The molecule has 1 fully saturated rings. The van der Waals surface area contributed by atoms with Gasteiger partial charge in [0.2, 0.25) is 11.8 Å². The zero-order valence-corrected chi connectivity index (χ0v) is 18.2. The predicted molar refractivity (Wildman–Crippen MR) is 118 cm³/mol. The molecular weight excluding hydrogens is 411 g/mol. The first-order valence-electron chi connectivity index (χ1n) is 10.8. The predicted octanol–water partition coefficient (Wildman–Crippen LogP) is 2.70. The van der Waals surface area contributed by atoms with Gasteiger partial charge in [-0.1, -0.05) is 24.3 Å². The molecule has 4 rings (SSSR count). The molecule has 0 radical (unpaired) electrons. The van der Waals surface area contributed by atoms with Gasteiger partial charge in [0.05, 0.1) is 5.56 Å². The van der Waals surface area contributed by atoms with E-state index in [2.05, 4.69) is 16.0 Å². The fraction of sp³-hybridized carbons (Fsp3) is 0.375. The van der Waals surface area contributed by atoms with Crippen molar-refractivity contribution >= 4 is 23.4 Å². The molecule has 1 saturated heterocycles. The van der Waals surface area contributed by atoms with Gasteiger partial charge in [-0.25, -0.2) is 4.39 Å². The minimum Gasteiger partial charge on any atom is -0.362 e. The summed E-state index contributed by atoms with van der Waals surface area (Å²) in [6.07, 6.45) is 1.08. The van der Waals surface area contributed by atoms with E-state index in [1.165, 1.54) is 11.0 Å². The topological polar surface area (TPSA) is 90.5 Å². The zero-order chi connectivity index (χ0) is 22.9. The van der Waals surface area contributed by atoms with Crippen LogP contribution in [0.25, 0.3) is 0 Å². The molecule has 2 heterocycles. The maximum Gasteiger partial charge on any atom is 0.255 e. The van der Waals surface area contributed by atoms with E-state index in [9.17, 15) is 18.8 Å². The summed E-state index contributed by atoms with van der Waals surface area (Å²) in [5, 5.41) is 9.19. The number of halogens is 1. The van der Waals surface area contributed by atoms with Gasteiger partial charge in [0, 0.05) is 37.2 Å². The number of fused-ring (bicyclic) bond motifs is 1. The highest BCUT2D eigenvalue weighted by molar-refractivity contribution is 6.02. The van der Waals surface area contributed by atoms with Crippen LogP contribution in [0.4, 0.5) is 10.1 Å². The molecule has 3 amide bonds. The third-order valence-corrected chi connectivity index (χ3v) is 6.27. The Labute approximate surface area is 186 Å². The Bertz CT molecular complexity index is 1070. The number of benzene rings is 2. The zero-order valence-electron chi connectivity index (χ0n) is 18.2. The number of anilines is 1. The maximum atomic E-state index is 13.8. The average Bonchev–Trinajstić information content (AvgIpc) is 2.91. The number of hydrogen-bond donors (Lipinski definition) is 3. The second kappa shape index (κ2) is 8.61. The van der Waals surface area contributed by atoms with Gasteiger partial charge in [-0.15, -0.1) is 0 Å². The molecule has 8 heteroatoms. The van der Waals surface area contributed by atoms with E-state index in [0.29, 0.717) is 30.5 Å². The number of likely N-dealkylation sites (tertiary alicyclic amines) is 1. The molecular formula is C24H27FN4O3.